The van der Waals surface area contributed by atoms with Gasteiger partial charge < -0.3 is 10.2 Å². The molecule has 0 bridgehead atoms. The van der Waals surface area contributed by atoms with Crippen molar-refractivity contribution in [2.45, 2.75) is 25.3 Å². The maximum Gasteiger partial charge on any atom is 0.234 e. The Morgan fingerprint density at radius 3 is 2.70 bits per heavy atom. The van der Waals surface area contributed by atoms with Gasteiger partial charge in [-0.25, -0.2) is 4.98 Å². The Hall–Kier alpha value is -2.32. The van der Waals surface area contributed by atoms with Crippen molar-refractivity contribution in [2.75, 3.05) is 32.7 Å². The molecule has 2 fully saturated rings. The Balaban J connectivity index is 1.25. The van der Waals surface area contributed by atoms with Gasteiger partial charge in [-0.15, -0.1) is 11.3 Å². The van der Waals surface area contributed by atoms with Crippen molar-refractivity contribution in [1.82, 2.24) is 25.1 Å². The third kappa shape index (κ3) is 4.90. The lowest BCUT2D eigenvalue weighted by molar-refractivity contribution is -0.132. The molecule has 142 valence electrons. The minimum absolute atomic E-state index is 0.0925. The second-order valence-electron chi connectivity index (χ2n) is 7.03. The number of aromatic nitrogens is 2. The molecule has 2 aromatic rings. The normalized spacial score (nSPS) is 17.7. The molecule has 1 saturated carbocycles. The van der Waals surface area contributed by atoms with Gasteiger partial charge in [-0.05, 0) is 25.0 Å². The number of carbonyl (C=O) groups excluding carboxylic acids is 2. The van der Waals surface area contributed by atoms with Crippen LogP contribution in [0.15, 0.2) is 29.8 Å². The summed E-state index contributed by atoms with van der Waals surface area (Å²) in [7, 11) is 0. The first-order valence-electron chi connectivity index (χ1n) is 9.33. The van der Waals surface area contributed by atoms with Crippen molar-refractivity contribution >= 4 is 23.2 Å². The molecule has 3 heterocycles. The molecule has 27 heavy (non-hydrogen) atoms. The Bertz CT molecular complexity index is 797. The van der Waals surface area contributed by atoms with Crippen LogP contribution in [0.1, 0.15) is 18.5 Å². The second kappa shape index (κ2) is 8.14. The predicted molar refractivity (Wildman–Crippen MR) is 103 cm³/mol. The first kappa shape index (κ1) is 18.1. The van der Waals surface area contributed by atoms with E-state index in [1.807, 2.05) is 28.5 Å². The number of hydrogen-bond acceptors (Lipinski definition) is 6. The van der Waals surface area contributed by atoms with Crippen molar-refractivity contribution < 1.29 is 9.59 Å². The van der Waals surface area contributed by atoms with Crippen LogP contribution < -0.4 is 5.32 Å². The van der Waals surface area contributed by atoms with Gasteiger partial charge in [0.25, 0.3) is 0 Å². The number of nitrogens with zero attached hydrogens (tertiary/aromatic N) is 4. The molecular formula is C19H23N5O2S. The van der Waals surface area contributed by atoms with Crippen LogP contribution in [-0.4, -0.2) is 70.3 Å². The Morgan fingerprint density at radius 1 is 1.19 bits per heavy atom. The maximum absolute atomic E-state index is 12.6. The van der Waals surface area contributed by atoms with Crippen LogP contribution in [0, 0.1) is 0 Å². The molecular weight excluding hydrogens is 362 g/mol. The Morgan fingerprint density at radius 2 is 2.00 bits per heavy atom. The molecule has 8 heteroatoms. The molecule has 1 aliphatic carbocycles. The number of piperazine rings is 1. The first-order valence-corrected chi connectivity index (χ1v) is 10.2. The minimum Gasteiger partial charge on any atom is -0.352 e. The summed E-state index contributed by atoms with van der Waals surface area (Å²) in [5, 5.41) is 5.78. The fourth-order valence-corrected chi connectivity index (χ4v) is 3.92. The van der Waals surface area contributed by atoms with Crippen LogP contribution in [0.25, 0.3) is 10.7 Å². The highest BCUT2D eigenvalue weighted by atomic mass is 32.1. The first-order chi connectivity index (χ1) is 13.2. The monoisotopic (exact) mass is 385 g/mol. The molecule has 1 aliphatic heterocycles. The average molecular weight is 385 g/mol. The zero-order chi connectivity index (χ0) is 18.6. The summed E-state index contributed by atoms with van der Waals surface area (Å²) in [5.41, 5.74) is 1.62. The molecule has 1 saturated heterocycles. The molecule has 7 nitrogen and oxygen atoms in total. The number of thiazole rings is 1. The van der Waals surface area contributed by atoms with Crippen molar-refractivity contribution in [2.24, 2.45) is 0 Å². The van der Waals surface area contributed by atoms with E-state index in [9.17, 15) is 9.59 Å². The molecule has 1 N–H and O–H groups in total. The highest BCUT2D eigenvalue weighted by molar-refractivity contribution is 7.13. The third-order valence-electron chi connectivity index (χ3n) is 4.80. The van der Waals surface area contributed by atoms with Crippen LogP contribution >= 0.6 is 11.3 Å². The Kier molecular flexibility index (Phi) is 5.45. The van der Waals surface area contributed by atoms with Crippen molar-refractivity contribution in [3.8, 4) is 10.7 Å². The minimum atomic E-state index is 0.0925. The summed E-state index contributed by atoms with van der Waals surface area (Å²) in [6.45, 7) is 3.22. The molecule has 2 aliphatic rings. The summed E-state index contributed by atoms with van der Waals surface area (Å²) >= 11 is 1.51. The molecule has 0 spiro atoms. The highest BCUT2D eigenvalue weighted by Gasteiger charge is 2.26. The van der Waals surface area contributed by atoms with Gasteiger partial charge in [0.15, 0.2) is 0 Å². The Labute approximate surface area is 162 Å². The van der Waals surface area contributed by atoms with Crippen molar-refractivity contribution in [3.05, 3.63) is 35.5 Å². The van der Waals surface area contributed by atoms with Gasteiger partial charge in [0.2, 0.25) is 11.8 Å². The number of pyridine rings is 1. The SMILES string of the molecule is O=C(CN1CCN(C(=O)Cc2csc(-c3ccccn3)n2)CC1)NC1CC1. The summed E-state index contributed by atoms with van der Waals surface area (Å²) in [6, 6.07) is 6.12. The predicted octanol–water partition coefficient (Wildman–Crippen LogP) is 1.17. The highest BCUT2D eigenvalue weighted by Crippen LogP contribution is 2.22. The molecule has 0 atom stereocenters. The van der Waals surface area contributed by atoms with E-state index in [0.717, 1.165) is 42.3 Å². The number of rotatable bonds is 6. The average Bonchev–Trinajstić information content (AvgIpc) is 3.37. The number of carbonyl (C=O) groups is 2. The van der Waals surface area contributed by atoms with E-state index in [1.54, 1.807) is 6.20 Å². The van der Waals surface area contributed by atoms with E-state index < -0.39 is 0 Å². The molecule has 0 unspecified atom stereocenters. The van der Waals surface area contributed by atoms with Gasteiger partial charge in [0.1, 0.15) is 5.01 Å². The van der Waals surface area contributed by atoms with Gasteiger partial charge in [0.05, 0.1) is 24.4 Å². The lowest BCUT2D eigenvalue weighted by Gasteiger charge is -2.34. The zero-order valence-corrected chi connectivity index (χ0v) is 16.0. The van der Waals surface area contributed by atoms with E-state index in [-0.39, 0.29) is 11.8 Å². The third-order valence-corrected chi connectivity index (χ3v) is 5.72. The van der Waals surface area contributed by atoms with Crippen LogP contribution in [0.2, 0.25) is 0 Å². The van der Waals surface area contributed by atoms with Gasteiger partial charge in [-0.3, -0.25) is 19.5 Å². The molecule has 0 radical (unpaired) electrons. The number of amides is 2. The quantitative estimate of drug-likeness (QED) is 0.808. The van der Waals surface area contributed by atoms with E-state index in [2.05, 4.69) is 20.2 Å². The van der Waals surface area contributed by atoms with Crippen LogP contribution in [-0.2, 0) is 16.0 Å². The topological polar surface area (TPSA) is 78.4 Å². The van der Waals surface area contributed by atoms with E-state index in [0.29, 0.717) is 32.1 Å². The van der Waals surface area contributed by atoms with E-state index in [1.165, 1.54) is 11.3 Å². The van der Waals surface area contributed by atoms with Gasteiger partial charge >= 0.3 is 0 Å². The largest absolute Gasteiger partial charge is 0.352 e. The fourth-order valence-electron chi connectivity index (χ4n) is 3.12. The lowest BCUT2D eigenvalue weighted by Crippen LogP contribution is -2.51. The van der Waals surface area contributed by atoms with Gasteiger partial charge in [0, 0.05) is 43.8 Å². The van der Waals surface area contributed by atoms with E-state index in [4.69, 9.17) is 0 Å². The lowest BCUT2D eigenvalue weighted by atomic mass is 10.2. The molecule has 2 aromatic heterocycles. The molecule has 2 amide bonds. The van der Waals surface area contributed by atoms with Gasteiger partial charge in [-0.1, -0.05) is 6.07 Å². The van der Waals surface area contributed by atoms with Crippen molar-refractivity contribution in [1.29, 1.82) is 0 Å². The summed E-state index contributed by atoms with van der Waals surface area (Å²) in [4.78, 5) is 37.3. The van der Waals surface area contributed by atoms with Crippen molar-refractivity contribution in [3.63, 3.8) is 0 Å². The summed E-state index contributed by atoms with van der Waals surface area (Å²) < 4.78 is 0. The van der Waals surface area contributed by atoms with Crippen LogP contribution in [0.4, 0.5) is 0 Å². The second-order valence-corrected chi connectivity index (χ2v) is 7.89. The number of hydrogen-bond donors (Lipinski definition) is 1. The molecule has 4 rings (SSSR count). The molecule has 0 aromatic carbocycles. The van der Waals surface area contributed by atoms with Crippen LogP contribution in [0.3, 0.4) is 0 Å². The fraction of sp³-hybridized carbons (Fsp3) is 0.474. The maximum atomic E-state index is 12.6. The summed E-state index contributed by atoms with van der Waals surface area (Å²) in [6.07, 6.45) is 4.26. The summed E-state index contributed by atoms with van der Waals surface area (Å²) in [5.74, 6) is 0.191. The smallest absolute Gasteiger partial charge is 0.234 e. The van der Waals surface area contributed by atoms with Crippen LogP contribution in [0.5, 0.6) is 0 Å². The van der Waals surface area contributed by atoms with E-state index >= 15 is 0 Å². The standard InChI is InChI=1S/C19H23N5O2S/c25-17(21-14-4-5-14)12-23-7-9-24(10-8-23)18(26)11-15-13-27-19(22-15)16-3-1-2-6-20-16/h1-3,6,13-14H,4-5,7-12H2,(H,21,25). The van der Waals surface area contributed by atoms with Gasteiger partial charge in [-0.2, -0.15) is 0 Å². The zero-order valence-electron chi connectivity index (χ0n) is 15.1. The number of nitrogens with one attached hydrogen (secondary N) is 1.